The second-order valence-electron chi connectivity index (χ2n) is 16.9. The topological polar surface area (TPSA) is 9.72 Å². The van der Waals surface area contributed by atoms with Crippen molar-refractivity contribution in [3.05, 3.63) is 174 Å². The third kappa shape index (κ3) is 4.53. The maximum absolute atomic E-state index is 2.86. The van der Waals surface area contributed by atoms with Crippen molar-refractivity contribution in [2.24, 2.45) is 0 Å². The van der Waals surface area contributed by atoms with E-state index in [1.54, 1.807) is 0 Å². The number of nitrogens with zero attached hydrogens (tertiary/aromatic N) is 3. The third-order valence-corrected chi connectivity index (χ3v) is 14.0. The molecule has 2 atom stereocenters. The van der Waals surface area contributed by atoms with Crippen LogP contribution in [-0.4, -0.2) is 12.3 Å². The summed E-state index contributed by atoms with van der Waals surface area (Å²) in [5.74, 6) is 0. The van der Waals surface area contributed by atoms with Gasteiger partial charge >= 0.3 is 0 Å². The van der Waals surface area contributed by atoms with E-state index in [9.17, 15) is 0 Å². The molecule has 4 aliphatic rings. The van der Waals surface area contributed by atoms with Crippen molar-refractivity contribution in [3.8, 4) is 11.1 Å². The van der Waals surface area contributed by atoms with Crippen LogP contribution in [0.3, 0.4) is 0 Å². The lowest BCUT2D eigenvalue weighted by Crippen LogP contribution is -2.64. The minimum Gasteiger partial charge on any atom is -0.335 e. The van der Waals surface area contributed by atoms with E-state index in [-0.39, 0.29) is 17.7 Å². The van der Waals surface area contributed by atoms with E-state index in [4.69, 9.17) is 0 Å². The molecule has 2 unspecified atom stereocenters. The zero-order chi connectivity index (χ0) is 37.8. The first-order valence-corrected chi connectivity index (χ1v) is 20.4. The fraction of sp³-hybridized carbons (Fsp3) is 0.192. The smallest absolute Gasteiger partial charge is 0.252 e. The van der Waals surface area contributed by atoms with Crippen molar-refractivity contribution in [2.45, 2.75) is 64.3 Å². The second kappa shape index (κ2) is 12.3. The molecule has 7 aromatic carbocycles. The lowest BCUT2D eigenvalue weighted by atomic mass is 9.33. The van der Waals surface area contributed by atoms with Crippen molar-refractivity contribution >= 4 is 68.6 Å². The van der Waals surface area contributed by atoms with Crippen LogP contribution in [0.5, 0.6) is 0 Å². The molecule has 0 amide bonds. The van der Waals surface area contributed by atoms with E-state index in [0.29, 0.717) is 0 Å². The fourth-order valence-corrected chi connectivity index (χ4v) is 11.1. The number of aryl methyl sites for hydroxylation is 2. The molecule has 0 bridgehead atoms. The van der Waals surface area contributed by atoms with Crippen LogP contribution in [0.4, 0.5) is 45.5 Å². The summed E-state index contributed by atoms with van der Waals surface area (Å²) in [6.07, 6.45) is 4.83. The first-order valence-electron chi connectivity index (χ1n) is 20.4. The van der Waals surface area contributed by atoms with Gasteiger partial charge in [0.1, 0.15) is 0 Å². The van der Waals surface area contributed by atoms with Crippen LogP contribution in [0.15, 0.2) is 158 Å². The Morgan fingerprint density at radius 2 is 1.14 bits per heavy atom. The lowest BCUT2D eigenvalue weighted by molar-refractivity contribution is 0.195. The number of anilines is 8. The molecule has 1 aliphatic carbocycles. The van der Waals surface area contributed by atoms with Gasteiger partial charge in [-0.15, -0.1) is 0 Å². The Balaban J connectivity index is 1.30. The monoisotopic (exact) mass is 723 g/mol. The highest BCUT2D eigenvalue weighted by molar-refractivity contribution is 7.00. The minimum absolute atomic E-state index is 0.0137. The Morgan fingerprint density at radius 1 is 0.518 bits per heavy atom. The zero-order valence-electron chi connectivity index (χ0n) is 32.8. The average molecular weight is 724 g/mol. The van der Waals surface area contributed by atoms with Crippen LogP contribution in [0, 0.1) is 13.8 Å². The summed E-state index contributed by atoms with van der Waals surface area (Å²) in [4.78, 5) is 7.93. The van der Waals surface area contributed by atoms with Gasteiger partial charge in [0.05, 0.1) is 11.2 Å². The standard InChI is InChI=1S/C52H46BN3/c1-35-19-14-15-28-45(35)55-46-33-41(54(39-23-10-6-11-24-39)40-25-12-7-13-26-40)34-47-48(46)53(43-27-18-20-36(2)49(43)55)44-32-38(37-21-8-5-9-22-37)31-42-50(44)56(47)52(4)30-17-16-29-51(42,52)3/h5-15,18-28,31-34H,16-17,29-30H2,1-4H3. The molecule has 272 valence electrons. The summed E-state index contributed by atoms with van der Waals surface area (Å²) >= 11 is 0. The molecule has 7 aromatic rings. The van der Waals surface area contributed by atoms with Crippen LogP contribution >= 0.6 is 0 Å². The molecule has 1 fully saturated rings. The highest BCUT2D eigenvalue weighted by atomic mass is 15.3. The fourth-order valence-electron chi connectivity index (χ4n) is 11.1. The first kappa shape index (κ1) is 33.4. The van der Waals surface area contributed by atoms with Crippen LogP contribution in [0.1, 0.15) is 56.2 Å². The first-order chi connectivity index (χ1) is 27.4. The molecule has 0 spiro atoms. The number of rotatable bonds is 5. The SMILES string of the molecule is Cc1ccccc1N1c2cc(N(c3ccccc3)c3ccccc3)cc3c2B(c2cccc(C)c21)c1cc(-c2ccccc2)cc2c1N3C1(C)CCCCC21C. The maximum atomic E-state index is 2.86. The van der Waals surface area contributed by atoms with Crippen LogP contribution < -0.4 is 31.1 Å². The normalized spacial score (nSPS) is 19.9. The molecule has 3 nitrogen and oxygen atoms in total. The molecular formula is C52H46BN3. The molecule has 56 heavy (non-hydrogen) atoms. The van der Waals surface area contributed by atoms with Crippen LogP contribution in [0.2, 0.25) is 0 Å². The summed E-state index contributed by atoms with van der Waals surface area (Å²) in [6, 6.07) is 59.1. The van der Waals surface area contributed by atoms with E-state index in [1.165, 1.54) is 97.6 Å². The number of benzene rings is 7. The predicted octanol–water partition coefficient (Wildman–Crippen LogP) is 11.8. The average Bonchev–Trinajstić information content (AvgIpc) is 3.44. The van der Waals surface area contributed by atoms with E-state index >= 15 is 0 Å². The Morgan fingerprint density at radius 3 is 1.86 bits per heavy atom. The van der Waals surface area contributed by atoms with E-state index in [1.807, 2.05) is 0 Å². The number of hydrogen-bond donors (Lipinski definition) is 0. The van der Waals surface area contributed by atoms with Gasteiger partial charge in [-0.1, -0.05) is 129 Å². The minimum atomic E-state index is -0.0975. The van der Waals surface area contributed by atoms with Gasteiger partial charge in [0.2, 0.25) is 0 Å². The van der Waals surface area contributed by atoms with Gasteiger partial charge in [0.25, 0.3) is 6.71 Å². The Kier molecular flexibility index (Phi) is 7.30. The van der Waals surface area contributed by atoms with Crippen molar-refractivity contribution in [3.63, 3.8) is 0 Å². The highest BCUT2D eigenvalue weighted by Gasteiger charge is 2.61. The molecule has 3 heterocycles. The molecular weight excluding hydrogens is 677 g/mol. The van der Waals surface area contributed by atoms with E-state index < -0.39 is 0 Å². The lowest BCUT2D eigenvalue weighted by Gasteiger charge is -2.53. The van der Waals surface area contributed by atoms with Gasteiger partial charge in [-0.25, -0.2) is 0 Å². The largest absolute Gasteiger partial charge is 0.335 e. The van der Waals surface area contributed by atoms with Crippen LogP contribution in [0.25, 0.3) is 11.1 Å². The summed E-state index contributed by atoms with van der Waals surface area (Å²) in [6.45, 7) is 9.82. The third-order valence-electron chi connectivity index (χ3n) is 14.0. The predicted molar refractivity (Wildman–Crippen MR) is 238 cm³/mol. The highest BCUT2D eigenvalue weighted by Crippen LogP contribution is 2.62. The number of fused-ring (bicyclic) bond motifs is 7. The van der Waals surface area contributed by atoms with E-state index in [2.05, 4.69) is 200 Å². The Labute approximate surface area is 332 Å². The Bertz CT molecular complexity index is 2630. The van der Waals surface area contributed by atoms with Gasteiger partial charge in [0.15, 0.2) is 0 Å². The van der Waals surface area contributed by atoms with Crippen molar-refractivity contribution in [2.75, 3.05) is 14.7 Å². The van der Waals surface area contributed by atoms with Gasteiger partial charge in [0, 0.05) is 45.2 Å². The van der Waals surface area contributed by atoms with Gasteiger partial charge in [-0.3, -0.25) is 0 Å². The molecule has 1 saturated carbocycles. The van der Waals surface area contributed by atoms with Crippen molar-refractivity contribution in [1.29, 1.82) is 0 Å². The van der Waals surface area contributed by atoms with Crippen LogP contribution in [-0.2, 0) is 5.41 Å². The van der Waals surface area contributed by atoms with Crippen molar-refractivity contribution in [1.82, 2.24) is 0 Å². The molecule has 0 radical (unpaired) electrons. The van der Waals surface area contributed by atoms with E-state index in [0.717, 1.165) is 17.8 Å². The summed E-state index contributed by atoms with van der Waals surface area (Å²) < 4.78 is 0. The summed E-state index contributed by atoms with van der Waals surface area (Å²) in [7, 11) is 0. The van der Waals surface area contributed by atoms with Gasteiger partial charge in [-0.05, 0) is 126 Å². The number of hydrogen-bond acceptors (Lipinski definition) is 3. The molecule has 0 N–H and O–H groups in total. The molecule has 11 rings (SSSR count). The molecule has 0 aromatic heterocycles. The summed E-state index contributed by atoms with van der Waals surface area (Å²) in [5, 5.41) is 0. The number of para-hydroxylation sites is 4. The van der Waals surface area contributed by atoms with Crippen molar-refractivity contribution < 1.29 is 0 Å². The quantitative estimate of drug-likeness (QED) is 0.164. The van der Waals surface area contributed by atoms with Gasteiger partial charge < -0.3 is 14.7 Å². The summed E-state index contributed by atoms with van der Waals surface area (Å²) in [5.41, 5.74) is 20.9. The second-order valence-corrected chi connectivity index (χ2v) is 16.9. The van der Waals surface area contributed by atoms with Gasteiger partial charge in [-0.2, -0.15) is 0 Å². The molecule has 0 saturated heterocycles. The molecule has 4 heteroatoms. The molecule has 3 aliphatic heterocycles. The maximum Gasteiger partial charge on any atom is 0.252 e. The zero-order valence-corrected chi connectivity index (χ0v) is 32.8. The Hall–Kier alpha value is -6.00.